The Kier molecular flexibility index (Phi) is 5.34. The number of ether oxygens (including phenoxy) is 1. The number of carbonyl (C=O) groups excluding carboxylic acids is 1. The second-order valence-corrected chi connectivity index (χ2v) is 6.34. The number of benzene rings is 3. The highest BCUT2D eigenvalue weighted by Crippen LogP contribution is 2.24. The Balaban J connectivity index is 1.61. The third kappa shape index (κ3) is 4.18. The molecule has 128 valence electrons. The minimum absolute atomic E-state index is 0.120. The van der Waals surface area contributed by atoms with Gasteiger partial charge < -0.3 is 10.1 Å². The summed E-state index contributed by atoms with van der Waals surface area (Å²) in [5.41, 5.74) is 2.25. The molecule has 3 heteroatoms. The molecule has 0 spiro atoms. The third-order valence-corrected chi connectivity index (χ3v) is 4.46. The molecule has 0 bridgehead atoms. The molecule has 0 aliphatic heterocycles. The molecule has 0 heterocycles. The molecule has 0 radical (unpaired) electrons. The number of rotatable bonds is 5. The van der Waals surface area contributed by atoms with Crippen LogP contribution in [0.15, 0.2) is 72.8 Å². The van der Waals surface area contributed by atoms with Crippen molar-refractivity contribution in [1.82, 2.24) is 5.32 Å². The molecule has 25 heavy (non-hydrogen) atoms. The van der Waals surface area contributed by atoms with Gasteiger partial charge in [0.15, 0.2) is 0 Å². The van der Waals surface area contributed by atoms with Crippen molar-refractivity contribution in [3.8, 4) is 0 Å². The molecule has 0 saturated carbocycles. The van der Waals surface area contributed by atoms with Crippen LogP contribution in [-0.4, -0.2) is 12.7 Å². The Morgan fingerprint density at radius 3 is 2.40 bits per heavy atom. The van der Waals surface area contributed by atoms with E-state index in [4.69, 9.17) is 4.74 Å². The van der Waals surface area contributed by atoms with Crippen molar-refractivity contribution in [1.29, 1.82) is 0 Å². The first-order chi connectivity index (χ1) is 12.1. The van der Waals surface area contributed by atoms with Gasteiger partial charge >= 0.3 is 6.09 Å². The maximum absolute atomic E-state index is 12.2. The molecule has 3 rings (SSSR count). The number of hydrogen-bond acceptors (Lipinski definition) is 2. The lowest BCUT2D eigenvalue weighted by atomic mass is 10.00. The first-order valence-corrected chi connectivity index (χ1v) is 8.61. The maximum atomic E-state index is 12.2. The van der Waals surface area contributed by atoms with E-state index < -0.39 is 0 Å². The monoisotopic (exact) mass is 333 g/mol. The van der Waals surface area contributed by atoms with E-state index in [2.05, 4.69) is 30.4 Å². The third-order valence-electron chi connectivity index (χ3n) is 4.46. The molecule has 3 aromatic carbocycles. The zero-order valence-electron chi connectivity index (χ0n) is 14.6. The zero-order valence-corrected chi connectivity index (χ0v) is 14.6. The quantitative estimate of drug-likeness (QED) is 0.676. The highest BCUT2D eigenvalue weighted by Gasteiger charge is 2.14. The molecule has 0 aliphatic carbocycles. The molecule has 0 fully saturated rings. The Morgan fingerprint density at radius 2 is 1.60 bits per heavy atom. The lowest BCUT2D eigenvalue weighted by Crippen LogP contribution is -2.28. The van der Waals surface area contributed by atoms with Crippen LogP contribution in [0.2, 0.25) is 0 Å². The van der Waals surface area contributed by atoms with E-state index in [-0.39, 0.29) is 18.1 Å². The van der Waals surface area contributed by atoms with Gasteiger partial charge in [0.05, 0.1) is 12.6 Å². The summed E-state index contributed by atoms with van der Waals surface area (Å²) in [4.78, 5) is 12.2. The van der Waals surface area contributed by atoms with Crippen molar-refractivity contribution in [2.45, 2.75) is 25.8 Å². The molecule has 0 saturated heterocycles. The fourth-order valence-electron chi connectivity index (χ4n) is 3.00. The molecule has 0 aliphatic rings. The molecular weight excluding hydrogens is 310 g/mol. The largest absolute Gasteiger partial charge is 0.449 e. The average Bonchev–Trinajstić information content (AvgIpc) is 2.66. The Bertz CT molecular complexity index is 840. The Labute approximate surface area is 148 Å². The minimum Gasteiger partial charge on any atom is -0.449 e. The first-order valence-electron chi connectivity index (χ1n) is 8.61. The lowest BCUT2D eigenvalue weighted by molar-refractivity contribution is 0.137. The van der Waals surface area contributed by atoms with Gasteiger partial charge in [-0.3, -0.25) is 0 Å². The smallest absolute Gasteiger partial charge is 0.407 e. The van der Waals surface area contributed by atoms with Gasteiger partial charge in [-0.25, -0.2) is 4.79 Å². The Morgan fingerprint density at radius 1 is 0.920 bits per heavy atom. The topological polar surface area (TPSA) is 38.3 Å². The van der Waals surface area contributed by atoms with Crippen LogP contribution in [0.1, 0.15) is 36.9 Å². The number of hydrogen-bond donors (Lipinski definition) is 1. The second kappa shape index (κ2) is 7.84. The van der Waals surface area contributed by atoms with E-state index >= 15 is 0 Å². The number of fused-ring (bicyclic) bond motifs is 1. The molecule has 2 atom stereocenters. The van der Waals surface area contributed by atoms with Gasteiger partial charge in [0, 0.05) is 5.92 Å². The lowest BCUT2D eigenvalue weighted by Gasteiger charge is -2.18. The molecule has 1 amide bonds. The van der Waals surface area contributed by atoms with Gasteiger partial charge in [-0.05, 0) is 28.8 Å². The summed E-state index contributed by atoms with van der Waals surface area (Å²) in [6, 6.07) is 24.3. The summed E-state index contributed by atoms with van der Waals surface area (Å²) in [7, 11) is 0. The van der Waals surface area contributed by atoms with Gasteiger partial charge in [0.25, 0.3) is 0 Å². The van der Waals surface area contributed by atoms with Gasteiger partial charge in [-0.15, -0.1) is 0 Å². The zero-order chi connectivity index (χ0) is 17.6. The SMILES string of the molecule is CC(COC(=O)NC(C)c1cccc2ccccc12)c1ccccc1. The minimum atomic E-state index is -0.386. The van der Waals surface area contributed by atoms with Crippen LogP contribution in [0.5, 0.6) is 0 Å². The van der Waals surface area contributed by atoms with E-state index in [1.807, 2.05) is 61.5 Å². The molecule has 1 N–H and O–H groups in total. The van der Waals surface area contributed by atoms with Crippen LogP contribution in [0.25, 0.3) is 10.8 Å². The summed E-state index contributed by atoms with van der Waals surface area (Å²) in [6.45, 7) is 4.39. The van der Waals surface area contributed by atoms with Crippen LogP contribution in [0.4, 0.5) is 4.79 Å². The van der Waals surface area contributed by atoms with Crippen molar-refractivity contribution >= 4 is 16.9 Å². The summed E-state index contributed by atoms with van der Waals surface area (Å²) in [6.07, 6.45) is -0.386. The van der Waals surface area contributed by atoms with Crippen molar-refractivity contribution in [2.24, 2.45) is 0 Å². The van der Waals surface area contributed by atoms with Gasteiger partial charge in [0.1, 0.15) is 0 Å². The van der Waals surface area contributed by atoms with Crippen LogP contribution in [0.3, 0.4) is 0 Å². The normalized spacial score (nSPS) is 13.2. The second-order valence-electron chi connectivity index (χ2n) is 6.34. The number of nitrogens with one attached hydrogen (secondary N) is 1. The molecule has 0 aromatic heterocycles. The summed E-state index contributed by atoms with van der Waals surface area (Å²) < 4.78 is 5.41. The maximum Gasteiger partial charge on any atom is 0.407 e. The van der Waals surface area contributed by atoms with Gasteiger partial charge in [-0.2, -0.15) is 0 Å². The highest BCUT2D eigenvalue weighted by atomic mass is 16.5. The highest BCUT2D eigenvalue weighted by molar-refractivity contribution is 5.86. The van der Waals surface area contributed by atoms with E-state index in [1.54, 1.807) is 0 Å². The van der Waals surface area contributed by atoms with Crippen molar-refractivity contribution in [2.75, 3.05) is 6.61 Å². The van der Waals surface area contributed by atoms with Crippen molar-refractivity contribution < 1.29 is 9.53 Å². The fraction of sp³-hybridized carbons (Fsp3) is 0.227. The van der Waals surface area contributed by atoms with Crippen molar-refractivity contribution in [3.63, 3.8) is 0 Å². The summed E-state index contributed by atoms with van der Waals surface area (Å²) in [5, 5.41) is 5.25. The summed E-state index contributed by atoms with van der Waals surface area (Å²) >= 11 is 0. The van der Waals surface area contributed by atoms with Crippen LogP contribution >= 0.6 is 0 Å². The molecule has 3 nitrogen and oxygen atoms in total. The number of amides is 1. The van der Waals surface area contributed by atoms with E-state index in [0.29, 0.717) is 6.61 Å². The van der Waals surface area contributed by atoms with Crippen LogP contribution < -0.4 is 5.32 Å². The molecule has 3 aromatic rings. The van der Waals surface area contributed by atoms with E-state index in [1.165, 1.54) is 5.39 Å². The standard InChI is InChI=1S/C22H23NO2/c1-16(18-9-4-3-5-10-18)15-25-22(24)23-17(2)20-14-8-12-19-11-6-7-13-21(19)20/h3-14,16-17H,15H2,1-2H3,(H,23,24). The van der Waals surface area contributed by atoms with E-state index in [9.17, 15) is 4.79 Å². The predicted molar refractivity (Wildman–Crippen MR) is 102 cm³/mol. The van der Waals surface area contributed by atoms with Crippen LogP contribution in [-0.2, 0) is 4.74 Å². The predicted octanol–water partition coefficient (Wildman–Crippen LogP) is 5.43. The molecule has 2 unspecified atom stereocenters. The number of alkyl carbamates (subject to hydrolysis) is 1. The Hall–Kier alpha value is -2.81. The average molecular weight is 333 g/mol. The van der Waals surface area contributed by atoms with Crippen molar-refractivity contribution in [3.05, 3.63) is 83.9 Å². The summed E-state index contributed by atoms with van der Waals surface area (Å²) in [5.74, 6) is 0.166. The van der Waals surface area contributed by atoms with Gasteiger partial charge in [-0.1, -0.05) is 79.7 Å². The number of carbonyl (C=O) groups is 1. The van der Waals surface area contributed by atoms with E-state index in [0.717, 1.165) is 16.5 Å². The van der Waals surface area contributed by atoms with Gasteiger partial charge in [0.2, 0.25) is 0 Å². The fourth-order valence-corrected chi connectivity index (χ4v) is 3.00. The first kappa shape index (κ1) is 17.0. The molecular formula is C22H23NO2. The van der Waals surface area contributed by atoms with Crippen LogP contribution in [0, 0.1) is 0 Å².